The van der Waals surface area contributed by atoms with Gasteiger partial charge in [0, 0.05) is 23.0 Å². The predicted octanol–water partition coefficient (Wildman–Crippen LogP) is 5.63. The highest BCUT2D eigenvalue weighted by Crippen LogP contribution is 2.41. The number of nitrogens with one attached hydrogen (secondary N) is 2. The molecule has 30 heavy (non-hydrogen) atoms. The summed E-state index contributed by atoms with van der Waals surface area (Å²) in [4.78, 5) is 12.5. The van der Waals surface area contributed by atoms with Crippen LogP contribution in [-0.2, 0) is 12.4 Å². The molecular formula is C20H24F6N2OS. The Morgan fingerprint density at radius 1 is 0.933 bits per heavy atom. The number of hydrogen-bond acceptors (Lipinski definition) is 3. The van der Waals surface area contributed by atoms with Crippen molar-refractivity contribution in [3.05, 3.63) is 28.8 Å². The largest absolute Gasteiger partial charge is 0.417 e. The molecule has 3 rings (SSSR count). The maximum Gasteiger partial charge on any atom is 0.417 e. The van der Waals surface area contributed by atoms with Crippen LogP contribution in [0.3, 0.4) is 0 Å². The third-order valence-electron chi connectivity index (χ3n) is 5.82. The molecule has 2 saturated carbocycles. The van der Waals surface area contributed by atoms with Gasteiger partial charge in [0.2, 0.25) is 0 Å². The first-order chi connectivity index (χ1) is 14.0. The number of thioether (sulfide) groups is 1. The summed E-state index contributed by atoms with van der Waals surface area (Å²) in [5, 5.41) is 6.16. The van der Waals surface area contributed by atoms with Crippen LogP contribution in [0.2, 0.25) is 0 Å². The van der Waals surface area contributed by atoms with Crippen molar-refractivity contribution in [3.8, 4) is 0 Å². The van der Waals surface area contributed by atoms with Crippen molar-refractivity contribution < 1.29 is 31.1 Å². The van der Waals surface area contributed by atoms with Crippen LogP contribution in [0.15, 0.2) is 17.0 Å². The summed E-state index contributed by atoms with van der Waals surface area (Å²) in [5.41, 5.74) is -3.72. The zero-order valence-electron chi connectivity index (χ0n) is 16.4. The van der Waals surface area contributed by atoms with Gasteiger partial charge in [-0.05, 0) is 50.5 Å². The maximum absolute atomic E-state index is 13.6. The lowest BCUT2D eigenvalue weighted by Crippen LogP contribution is -2.49. The molecule has 2 fully saturated rings. The summed E-state index contributed by atoms with van der Waals surface area (Å²) < 4.78 is 80.0. The van der Waals surface area contributed by atoms with Crippen LogP contribution < -0.4 is 10.6 Å². The van der Waals surface area contributed by atoms with E-state index in [1.165, 1.54) is 6.26 Å². The second-order valence-electron chi connectivity index (χ2n) is 7.86. The highest BCUT2D eigenvalue weighted by molar-refractivity contribution is 7.98. The van der Waals surface area contributed by atoms with Gasteiger partial charge >= 0.3 is 12.4 Å². The van der Waals surface area contributed by atoms with Gasteiger partial charge in [0.25, 0.3) is 5.91 Å². The van der Waals surface area contributed by atoms with Gasteiger partial charge in [0.1, 0.15) is 0 Å². The molecule has 1 aromatic carbocycles. The quantitative estimate of drug-likeness (QED) is 0.448. The Morgan fingerprint density at radius 3 is 2.13 bits per heavy atom. The van der Waals surface area contributed by atoms with Crippen molar-refractivity contribution in [1.82, 2.24) is 10.6 Å². The second-order valence-corrected chi connectivity index (χ2v) is 8.71. The van der Waals surface area contributed by atoms with Gasteiger partial charge in [-0.25, -0.2) is 0 Å². The van der Waals surface area contributed by atoms with Gasteiger partial charge in [0.05, 0.1) is 16.7 Å². The Morgan fingerprint density at radius 2 is 1.57 bits per heavy atom. The van der Waals surface area contributed by atoms with Gasteiger partial charge in [-0.15, -0.1) is 11.8 Å². The average molecular weight is 454 g/mol. The molecule has 0 spiro atoms. The minimum Gasteiger partial charge on any atom is -0.348 e. The number of rotatable bonds is 5. The lowest BCUT2D eigenvalue weighted by atomic mass is 10.0. The third kappa shape index (κ3) is 5.25. The molecule has 0 aromatic heterocycles. The van der Waals surface area contributed by atoms with Gasteiger partial charge in [-0.1, -0.05) is 12.8 Å². The molecule has 2 N–H and O–H groups in total. The zero-order valence-corrected chi connectivity index (χ0v) is 17.2. The molecule has 10 heteroatoms. The second kappa shape index (κ2) is 8.98. The highest BCUT2D eigenvalue weighted by Gasteiger charge is 2.42. The van der Waals surface area contributed by atoms with Crippen LogP contribution in [-0.4, -0.2) is 30.3 Å². The van der Waals surface area contributed by atoms with E-state index in [4.69, 9.17) is 0 Å². The molecule has 0 saturated heterocycles. The number of benzene rings is 1. The summed E-state index contributed by atoms with van der Waals surface area (Å²) in [6.45, 7) is 0. The van der Waals surface area contributed by atoms with E-state index in [-0.39, 0.29) is 23.0 Å². The average Bonchev–Trinajstić information content (AvgIpc) is 3.32. The molecule has 0 bridgehead atoms. The monoisotopic (exact) mass is 454 g/mol. The fourth-order valence-corrected chi connectivity index (χ4v) is 5.02. The molecule has 0 heterocycles. The van der Waals surface area contributed by atoms with E-state index in [2.05, 4.69) is 10.6 Å². The van der Waals surface area contributed by atoms with E-state index in [0.717, 1.165) is 38.5 Å². The highest BCUT2D eigenvalue weighted by atomic mass is 32.2. The summed E-state index contributed by atoms with van der Waals surface area (Å²) in [6, 6.07) is 0.579. The summed E-state index contributed by atoms with van der Waals surface area (Å²) in [5.74, 6) is -0.981. The van der Waals surface area contributed by atoms with E-state index in [1.54, 1.807) is 0 Å². The van der Waals surface area contributed by atoms with Crippen molar-refractivity contribution in [2.45, 2.75) is 80.3 Å². The van der Waals surface area contributed by atoms with Crippen LogP contribution in [0.5, 0.6) is 0 Å². The third-order valence-corrected chi connectivity index (χ3v) is 6.58. The summed E-state index contributed by atoms with van der Waals surface area (Å²) in [7, 11) is 0. The number of amides is 1. The van der Waals surface area contributed by atoms with Crippen molar-refractivity contribution >= 4 is 17.7 Å². The van der Waals surface area contributed by atoms with E-state index in [1.807, 2.05) is 0 Å². The predicted molar refractivity (Wildman–Crippen MR) is 103 cm³/mol. The molecule has 2 aliphatic carbocycles. The molecular weight excluding hydrogens is 430 g/mol. The number of halogens is 6. The molecule has 1 amide bonds. The topological polar surface area (TPSA) is 41.1 Å². The summed E-state index contributed by atoms with van der Waals surface area (Å²) in [6.07, 6.45) is -2.12. The van der Waals surface area contributed by atoms with Crippen molar-refractivity contribution in [3.63, 3.8) is 0 Å². The Balaban J connectivity index is 1.88. The fraction of sp³-hybridized carbons (Fsp3) is 0.650. The molecule has 2 atom stereocenters. The zero-order chi connectivity index (χ0) is 22.1. The molecule has 0 aliphatic heterocycles. The Bertz CT molecular complexity index is 774. The van der Waals surface area contributed by atoms with Gasteiger partial charge < -0.3 is 10.6 Å². The molecule has 3 nitrogen and oxygen atoms in total. The SMILES string of the molecule is CSc1cc(C(F)(F)F)cc(C(F)(F)F)c1C(=O)N[C@@H]1CCC[C@@H]1NC1CCCC1. The minimum atomic E-state index is -5.09. The molecule has 2 aliphatic rings. The molecule has 1 aromatic rings. The van der Waals surface area contributed by atoms with Crippen molar-refractivity contribution in [2.24, 2.45) is 0 Å². The number of hydrogen-bond donors (Lipinski definition) is 2. The van der Waals surface area contributed by atoms with E-state index in [0.29, 0.717) is 30.3 Å². The normalized spacial score (nSPS) is 23.2. The first-order valence-corrected chi connectivity index (χ1v) is 11.2. The first kappa shape index (κ1) is 23.2. The smallest absolute Gasteiger partial charge is 0.348 e. The van der Waals surface area contributed by atoms with Crippen molar-refractivity contribution in [1.29, 1.82) is 0 Å². The maximum atomic E-state index is 13.6. The first-order valence-electron chi connectivity index (χ1n) is 9.94. The Kier molecular flexibility index (Phi) is 6.96. The van der Waals surface area contributed by atoms with Gasteiger partial charge in [-0.3, -0.25) is 4.79 Å². The van der Waals surface area contributed by atoms with Crippen LogP contribution in [0.4, 0.5) is 26.3 Å². The molecule has 0 radical (unpaired) electrons. The van der Waals surface area contributed by atoms with Crippen LogP contribution in [0, 0.1) is 0 Å². The van der Waals surface area contributed by atoms with E-state index >= 15 is 0 Å². The Hall–Kier alpha value is -1.42. The van der Waals surface area contributed by atoms with Crippen molar-refractivity contribution in [2.75, 3.05) is 6.26 Å². The van der Waals surface area contributed by atoms with Gasteiger partial charge in [0.15, 0.2) is 0 Å². The fourth-order valence-electron chi connectivity index (χ4n) is 4.37. The number of alkyl halides is 6. The lowest BCUT2D eigenvalue weighted by Gasteiger charge is -2.26. The van der Waals surface area contributed by atoms with E-state index < -0.39 is 35.0 Å². The van der Waals surface area contributed by atoms with Crippen LogP contribution >= 0.6 is 11.8 Å². The standard InChI is InChI=1S/C20H24F6N2OS/c1-30-16-10-11(19(21,22)23)9-13(20(24,25)26)17(16)18(29)28-15-8-4-7-14(15)27-12-5-2-3-6-12/h9-10,12,14-15,27H,2-8H2,1H3,(H,28,29)/t14-,15+/m0/s1. The molecule has 168 valence electrons. The number of carbonyl (C=O) groups excluding carboxylic acids is 1. The van der Waals surface area contributed by atoms with E-state index in [9.17, 15) is 31.1 Å². The van der Waals surface area contributed by atoms with Crippen LogP contribution in [0.1, 0.15) is 66.4 Å². The number of carbonyl (C=O) groups is 1. The summed E-state index contributed by atoms with van der Waals surface area (Å²) >= 11 is 0.693. The van der Waals surface area contributed by atoms with Crippen LogP contribution in [0.25, 0.3) is 0 Å². The minimum absolute atomic E-state index is 0.0253. The Labute approximate surface area is 175 Å². The molecule has 0 unspecified atom stereocenters. The lowest BCUT2D eigenvalue weighted by molar-refractivity contribution is -0.143. The van der Waals surface area contributed by atoms with Gasteiger partial charge in [-0.2, -0.15) is 26.3 Å².